The highest BCUT2D eigenvalue weighted by Gasteiger charge is 2.28. The maximum atomic E-state index is 13.5. The lowest BCUT2D eigenvalue weighted by Gasteiger charge is -2.31. The van der Waals surface area contributed by atoms with Crippen molar-refractivity contribution in [3.8, 4) is 0 Å². The van der Waals surface area contributed by atoms with E-state index in [1.165, 1.54) is 0 Å². The first kappa shape index (κ1) is 20.0. The highest BCUT2D eigenvalue weighted by Crippen LogP contribution is 2.48. The van der Waals surface area contributed by atoms with Crippen LogP contribution in [0.5, 0.6) is 0 Å². The third kappa shape index (κ3) is 3.66. The number of fused-ring (bicyclic) bond motifs is 2. The zero-order valence-corrected chi connectivity index (χ0v) is 17.8. The van der Waals surface area contributed by atoms with Crippen molar-refractivity contribution in [1.82, 2.24) is 4.90 Å². The topological polar surface area (TPSA) is 52.7 Å². The number of carbonyl (C=O) groups excluding carboxylic acids is 2. The lowest BCUT2D eigenvalue weighted by Crippen LogP contribution is -2.35. The Hall–Kier alpha value is -3.25. The van der Waals surface area contributed by atoms with E-state index in [-0.39, 0.29) is 11.9 Å². The van der Waals surface area contributed by atoms with Gasteiger partial charge in [-0.3, -0.25) is 9.69 Å². The predicted octanol–water partition coefficient (Wildman–Crippen LogP) is 6.00. The van der Waals surface area contributed by atoms with E-state index in [1.807, 2.05) is 74.5 Å². The number of carbonyl (C=O) groups is 2. The Labute approximate surface area is 180 Å². The van der Waals surface area contributed by atoms with Gasteiger partial charge in [-0.2, -0.15) is 0 Å². The van der Waals surface area contributed by atoms with E-state index < -0.39 is 0 Å². The van der Waals surface area contributed by atoms with Gasteiger partial charge in [0.15, 0.2) is 0 Å². The number of benzene rings is 3. The summed E-state index contributed by atoms with van der Waals surface area (Å²) in [5, 5.41) is 2.98. The van der Waals surface area contributed by atoms with Crippen molar-refractivity contribution in [1.29, 1.82) is 0 Å². The van der Waals surface area contributed by atoms with Crippen LogP contribution < -0.4 is 10.2 Å². The fraction of sp³-hybridized carbons (Fsp3) is 0.167. The summed E-state index contributed by atoms with van der Waals surface area (Å²) in [7, 11) is 0. The summed E-state index contributed by atoms with van der Waals surface area (Å²) < 4.78 is 0. The number of para-hydroxylation sites is 3. The largest absolute Gasteiger partial charge is 0.339 e. The number of amides is 3. The molecule has 1 N–H and O–H groups in total. The molecule has 0 spiro atoms. The average Bonchev–Trinajstić information content (AvgIpc) is 2.78. The molecule has 0 aromatic heterocycles. The first-order valence-electron chi connectivity index (χ1n) is 9.99. The molecule has 0 atom stereocenters. The number of rotatable bonds is 4. The molecule has 1 aliphatic rings. The summed E-state index contributed by atoms with van der Waals surface area (Å²) in [4.78, 5) is 31.8. The molecule has 1 aliphatic heterocycles. The molecule has 0 saturated carbocycles. The maximum absolute atomic E-state index is 13.5. The maximum Gasteiger partial charge on any atom is 0.331 e. The molecule has 0 unspecified atom stereocenters. The van der Waals surface area contributed by atoms with Crippen molar-refractivity contribution in [2.24, 2.45) is 0 Å². The van der Waals surface area contributed by atoms with Crippen LogP contribution in [0.3, 0.4) is 0 Å². The molecule has 0 bridgehead atoms. The fourth-order valence-corrected chi connectivity index (χ4v) is 4.61. The third-order valence-corrected chi connectivity index (χ3v) is 6.22. The van der Waals surface area contributed by atoms with Gasteiger partial charge in [0.1, 0.15) is 0 Å². The SMILES string of the molecule is CCN(CC)C(=O)c1ccccc1NC(=O)N1c2ccccc2Sc2ccccc21. The molecule has 5 nitrogen and oxygen atoms in total. The van der Waals surface area contributed by atoms with Crippen LogP contribution in [0.25, 0.3) is 0 Å². The Morgan fingerprint density at radius 3 is 1.97 bits per heavy atom. The summed E-state index contributed by atoms with van der Waals surface area (Å²) in [6, 6.07) is 22.5. The van der Waals surface area contributed by atoms with Gasteiger partial charge in [-0.15, -0.1) is 0 Å². The normalized spacial score (nSPS) is 12.0. The quantitative estimate of drug-likeness (QED) is 0.566. The van der Waals surface area contributed by atoms with Crippen LogP contribution in [0.4, 0.5) is 21.9 Å². The smallest absolute Gasteiger partial charge is 0.331 e. The predicted molar refractivity (Wildman–Crippen MR) is 122 cm³/mol. The highest BCUT2D eigenvalue weighted by molar-refractivity contribution is 7.99. The van der Waals surface area contributed by atoms with Gasteiger partial charge in [0.2, 0.25) is 0 Å². The summed E-state index contributed by atoms with van der Waals surface area (Å²) in [5.74, 6) is -0.0918. The Balaban J connectivity index is 1.70. The molecule has 0 aliphatic carbocycles. The van der Waals surface area contributed by atoms with Crippen LogP contribution in [0.2, 0.25) is 0 Å². The van der Waals surface area contributed by atoms with Crippen molar-refractivity contribution in [3.63, 3.8) is 0 Å². The van der Waals surface area contributed by atoms with E-state index >= 15 is 0 Å². The van der Waals surface area contributed by atoms with Gasteiger partial charge in [0.25, 0.3) is 5.91 Å². The van der Waals surface area contributed by atoms with Gasteiger partial charge in [-0.05, 0) is 50.2 Å². The third-order valence-electron chi connectivity index (χ3n) is 5.09. The molecule has 0 radical (unpaired) electrons. The summed E-state index contributed by atoms with van der Waals surface area (Å²) >= 11 is 1.65. The van der Waals surface area contributed by atoms with E-state index in [9.17, 15) is 9.59 Å². The lowest BCUT2D eigenvalue weighted by molar-refractivity contribution is 0.0774. The highest BCUT2D eigenvalue weighted by atomic mass is 32.2. The second kappa shape index (κ2) is 8.63. The van der Waals surface area contributed by atoms with Crippen molar-refractivity contribution in [2.75, 3.05) is 23.3 Å². The van der Waals surface area contributed by atoms with Crippen molar-refractivity contribution < 1.29 is 9.59 Å². The van der Waals surface area contributed by atoms with Crippen LogP contribution in [0, 0.1) is 0 Å². The van der Waals surface area contributed by atoms with Crippen LogP contribution in [-0.2, 0) is 0 Å². The Bertz CT molecular complexity index is 1050. The number of urea groups is 1. The molecular formula is C24H23N3O2S. The summed E-state index contributed by atoms with van der Waals surface area (Å²) in [6.07, 6.45) is 0. The number of nitrogens with one attached hydrogen (secondary N) is 1. The van der Waals surface area contributed by atoms with Crippen molar-refractivity contribution >= 4 is 40.8 Å². The molecule has 0 fully saturated rings. The Morgan fingerprint density at radius 2 is 1.37 bits per heavy atom. The number of hydrogen-bond donors (Lipinski definition) is 1. The van der Waals surface area contributed by atoms with E-state index in [0.717, 1.165) is 21.2 Å². The molecule has 3 aromatic rings. The fourth-order valence-electron chi connectivity index (χ4n) is 3.55. The minimum absolute atomic E-state index is 0.0918. The van der Waals surface area contributed by atoms with E-state index in [2.05, 4.69) is 5.32 Å². The van der Waals surface area contributed by atoms with Crippen LogP contribution in [-0.4, -0.2) is 29.9 Å². The molecule has 0 saturated heterocycles. The molecule has 6 heteroatoms. The van der Waals surface area contributed by atoms with Gasteiger partial charge in [0, 0.05) is 22.9 Å². The van der Waals surface area contributed by atoms with Crippen LogP contribution in [0.15, 0.2) is 82.6 Å². The Morgan fingerprint density at radius 1 is 0.833 bits per heavy atom. The van der Waals surface area contributed by atoms with Gasteiger partial charge >= 0.3 is 6.03 Å². The van der Waals surface area contributed by atoms with Crippen molar-refractivity contribution in [2.45, 2.75) is 23.6 Å². The molecule has 152 valence electrons. The van der Waals surface area contributed by atoms with Gasteiger partial charge < -0.3 is 10.2 Å². The summed E-state index contributed by atoms with van der Waals surface area (Å²) in [6.45, 7) is 5.12. The molecule has 3 amide bonds. The zero-order chi connectivity index (χ0) is 21.1. The molecular weight excluding hydrogens is 394 g/mol. The number of anilines is 3. The van der Waals surface area contributed by atoms with E-state index in [0.29, 0.717) is 24.3 Å². The zero-order valence-electron chi connectivity index (χ0n) is 17.0. The van der Waals surface area contributed by atoms with Crippen LogP contribution in [0.1, 0.15) is 24.2 Å². The molecule has 30 heavy (non-hydrogen) atoms. The van der Waals surface area contributed by atoms with Crippen molar-refractivity contribution in [3.05, 3.63) is 78.4 Å². The first-order chi connectivity index (χ1) is 14.6. The minimum Gasteiger partial charge on any atom is -0.339 e. The standard InChI is InChI=1S/C24H23N3O2S/c1-3-26(4-2)23(28)17-11-5-6-12-18(17)25-24(29)27-19-13-7-9-15-21(19)30-22-16-10-8-14-20(22)27/h5-16H,3-4H2,1-2H3,(H,25,29). The second-order valence-corrected chi connectivity index (χ2v) is 7.91. The van der Waals surface area contributed by atoms with Crippen LogP contribution >= 0.6 is 11.8 Å². The monoisotopic (exact) mass is 417 g/mol. The van der Waals surface area contributed by atoms with Gasteiger partial charge in [0.05, 0.1) is 22.6 Å². The Kier molecular flexibility index (Phi) is 5.77. The number of nitrogens with zero attached hydrogens (tertiary/aromatic N) is 2. The number of hydrogen-bond acceptors (Lipinski definition) is 3. The molecule has 1 heterocycles. The molecule has 4 rings (SSSR count). The minimum atomic E-state index is -0.296. The van der Waals surface area contributed by atoms with E-state index in [1.54, 1.807) is 33.7 Å². The van der Waals surface area contributed by atoms with E-state index in [4.69, 9.17) is 0 Å². The molecule has 3 aromatic carbocycles. The summed E-state index contributed by atoms with van der Waals surface area (Å²) in [5.41, 5.74) is 2.65. The van der Waals surface area contributed by atoms with Gasteiger partial charge in [-0.1, -0.05) is 48.2 Å². The second-order valence-electron chi connectivity index (χ2n) is 6.83. The average molecular weight is 418 g/mol. The van der Waals surface area contributed by atoms with Gasteiger partial charge in [-0.25, -0.2) is 4.79 Å². The lowest BCUT2D eigenvalue weighted by atomic mass is 10.1. The first-order valence-corrected chi connectivity index (χ1v) is 10.8.